The minimum atomic E-state index is -0.289. The molecule has 86 valence electrons. The Hall–Kier alpha value is -1.55. The standard InChI is InChI=1S/C11H12ClNO3/c1-7(14)13-8-4-3-5-10(16-2)11(8)9(15)6-12/h3-5H,6H2,1-2H3,(H,13,14). The smallest absolute Gasteiger partial charge is 0.221 e. The maximum absolute atomic E-state index is 11.6. The van der Waals surface area contributed by atoms with Crippen molar-refractivity contribution in [2.24, 2.45) is 0 Å². The molecular formula is C11H12ClNO3. The molecule has 16 heavy (non-hydrogen) atoms. The first-order valence-electron chi connectivity index (χ1n) is 4.64. The summed E-state index contributed by atoms with van der Waals surface area (Å²) in [6.45, 7) is 1.37. The van der Waals surface area contributed by atoms with Crippen LogP contribution in [0.3, 0.4) is 0 Å². The van der Waals surface area contributed by atoms with Crippen molar-refractivity contribution in [1.29, 1.82) is 0 Å². The molecule has 4 nitrogen and oxygen atoms in total. The average molecular weight is 242 g/mol. The monoisotopic (exact) mass is 241 g/mol. The Morgan fingerprint density at radius 2 is 2.12 bits per heavy atom. The summed E-state index contributed by atoms with van der Waals surface area (Å²) in [7, 11) is 1.46. The van der Waals surface area contributed by atoms with Crippen LogP contribution in [0.15, 0.2) is 18.2 Å². The number of benzene rings is 1. The second-order valence-electron chi connectivity index (χ2n) is 3.12. The number of halogens is 1. The molecule has 1 aromatic rings. The fourth-order valence-corrected chi connectivity index (χ4v) is 1.48. The molecule has 0 saturated carbocycles. The summed E-state index contributed by atoms with van der Waals surface area (Å²) in [6.07, 6.45) is 0. The third kappa shape index (κ3) is 2.73. The molecule has 5 heteroatoms. The van der Waals surface area contributed by atoms with Gasteiger partial charge in [-0.3, -0.25) is 9.59 Å². The van der Waals surface area contributed by atoms with E-state index in [0.29, 0.717) is 17.0 Å². The van der Waals surface area contributed by atoms with Crippen LogP contribution in [0.25, 0.3) is 0 Å². The molecule has 0 atom stereocenters. The lowest BCUT2D eigenvalue weighted by atomic mass is 10.1. The minimum absolute atomic E-state index is 0.160. The Bertz CT molecular complexity index is 418. The number of hydrogen-bond acceptors (Lipinski definition) is 3. The topological polar surface area (TPSA) is 55.4 Å². The molecule has 1 aromatic carbocycles. The second-order valence-corrected chi connectivity index (χ2v) is 3.39. The zero-order valence-corrected chi connectivity index (χ0v) is 9.80. The van der Waals surface area contributed by atoms with Crippen LogP contribution in [0, 0.1) is 0 Å². The maximum atomic E-state index is 11.6. The van der Waals surface area contributed by atoms with Gasteiger partial charge in [-0.2, -0.15) is 0 Å². The number of hydrogen-bond donors (Lipinski definition) is 1. The van der Waals surface area contributed by atoms with E-state index >= 15 is 0 Å². The van der Waals surface area contributed by atoms with Gasteiger partial charge in [0.05, 0.1) is 24.2 Å². The highest BCUT2D eigenvalue weighted by Gasteiger charge is 2.16. The van der Waals surface area contributed by atoms with Crippen LogP contribution in [0.2, 0.25) is 0 Å². The van der Waals surface area contributed by atoms with E-state index in [1.54, 1.807) is 18.2 Å². The number of rotatable bonds is 4. The maximum Gasteiger partial charge on any atom is 0.221 e. The van der Waals surface area contributed by atoms with Crippen LogP contribution in [0.1, 0.15) is 17.3 Å². The lowest BCUT2D eigenvalue weighted by molar-refractivity contribution is -0.114. The molecular weight excluding hydrogens is 230 g/mol. The molecule has 0 aliphatic heterocycles. The lowest BCUT2D eigenvalue weighted by Crippen LogP contribution is -2.12. The molecule has 0 fully saturated rings. The number of alkyl halides is 1. The zero-order valence-electron chi connectivity index (χ0n) is 9.04. The Kier molecular flexibility index (Phi) is 4.31. The molecule has 0 heterocycles. The van der Waals surface area contributed by atoms with Crippen LogP contribution in [0.4, 0.5) is 5.69 Å². The molecule has 0 aliphatic rings. The predicted octanol–water partition coefficient (Wildman–Crippen LogP) is 2.08. The van der Waals surface area contributed by atoms with Crippen molar-refractivity contribution in [3.05, 3.63) is 23.8 Å². The minimum Gasteiger partial charge on any atom is -0.496 e. The molecule has 0 spiro atoms. The molecule has 0 radical (unpaired) electrons. The van der Waals surface area contributed by atoms with Crippen LogP contribution in [-0.4, -0.2) is 24.7 Å². The third-order valence-electron chi connectivity index (χ3n) is 1.96. The van der Waals surface area contributed by atoms with Gasteiger partial charge in [0.25, 0.3) is 0 Å². The summed E-state index contributed by atoms with van der Waals surface area (Å²) in [6, 6.07) is 4.96. The van der Waals surface area contributed by atoms with Gasteiger partial charge in [-0.25, -0.2) is 0 Å². The van der Waals surface area contributed by atoms with Crippen molar-refractivity contribution in [2.45, 2.75) is 6.92 Å². The van der Waals surface area contributed by atoms with Crippen LogP contribution in [-0.2, 0) is 4.79 Å². The van der Waals surface area contributed by atoms with Crippen LogP contribution < -0.4 is 10.1 Å². The van der Waals surface area contributed by atoms with Gasteiger partial charge >= 0.3 is 0 Å². The molecule has 0 aliphatic carbocycles. The average Bonchev–Trinajstić information content (AvgIpc) is 2.27. The first kappa shape index (κ1) is 12.5. The largest absolute Gasteiger partial charge is 0.496 e. The highest BCUT2D eigenvalue weighted by Crippen LogP contribution is 2.27. The van der Waals surface area contributed by atoms with Crippen LogP contribution >= 0.6 is 11.6 Å². The third-order valence-corrected chi connectivity index (χ3v) is 2.20. The number of Topliss-reactive ketones (excluding diaryl/α,β-unsaturated/α-hetero) is 1. The van der Waals surface area contributed by atoms with Gasteiger partial charge in [-0.15, -0.1) is 11.6 Å². The molecule has 1 N–H and O–H groups in total. The zero-order chi connectivity index (χ0) is 12.1. The van der Waals surface area contributed by atoms with Gasteiger partial charge in [0.2, 0.25) is 5.91 Å². The molecule has 1 rings (SSSR count). The highest BCUT2D eigenvalue weighted by molar-refractivity contribution is 6.31. The van der Waals surface area contributed by atoms with Gasteiger partial charge in [0, 0.05) is 6.92 Å². The van der Waals surface area contributed by atoms with Crippen molar-refractivity contribution in [2.75, 3.05) is 18.3 Å². The molecule has 0 unspecified atom stereocenters. The summed E-state index contributed by atoms with van der Waals surface area (Å²) in [4.78, 5) is 22.6. The number of carbonyl (C=O) groups excluding carboxylic acids is 2. The van der Waals surface area contributed by atoms with Crippen molar-refractivity contribution >= 4 is 29.0 Å². The Morgan fingerprint density at radius 3 is 2.62 bits per heavy atom. The van der Waals surface area contributed by atoms with Crippen LogP contribution in [0.5, 0.6) is 5.75 Å². The Morgan fingerprint density at radius 1 is 1.44 bits per heavy atom. The normalized spacial score (nSPS) is 9.69. The fraction of sp³-hybridized carbons (Fsp3) is 0.273. The van der Waals surface area contributed by atoms with Gasteiger partial charge in [0.1, 0.15) is 5.75 Å². The summed E-state index contributed by atoms with van der Waals surface area (Å²) in [5.41, 5.74) is 0.715. The van der Waals surface area contributed by atoms with E-state index in [9.17, 15) is 9.59 Å². The van der Waals surface area contributed by atoms with Crippen molar-refractivity contribution in [3.8, 4) is 5.75 Å². The molecule has 1 amide bonds. The predicted molar refractivity (Wildman–Crippen MR) is 62.3 cm³/mol. The Labute approximate surface area is 98.5 Å². The fourth-order valence-electron chi connectivity index (χ4n) is 1.35. The number of nitrogens with one attached hydrogen (secondary N) is 1. The number of ketones is 1. The van der Waals surface area contributed by atoms with E-state index in [1.165, 1.54) is 14.0 Å². The van der Waals surface area contributed by atoms with E-state index in [2.05, 4.69) is 5.32 Å². The first-order chi connectivity index (χ1) is 7.60. The quantitative estimate of drug-likeness (QED) is 0.649. The molecule has 0 saturated heterocycles. The highest BCUT2D eigenvalue weighted by atomic mass is 35.5. The Balaban J connectivity index is 3.25. The summed E-state index contributed by atoms with van der Waals surface area (Å²) < 4.78 is 5.06. The molecule has 0 aromatic heterocycles. The van der Waals surface area contributed by atoms with E-state index in [4.69, 9.17) is 16.3 Å². The van der Waals surface area contributed by atoms with Gasteiger partial charge in [-0.05, 0) is 12.1 Å². The summed E-state index contributed by atoms with van der Waals surface area (Å²) in [5.74, 6) is -0.302. The number of carbonyl (C=O) groups is 2. The first-order valence-corrected chi connectivity index (χ1v) is 5.17. The van der Waals surface area contributed by atoms with Crippen molar-refractivity contribution in [1.82, 2.24) is 0 Å². The number of ether oxygens (including phenoxy) is 1. The van der Waals surface area contributed by atoms with Crippen molar-refractivity contribution < 1.29 is 14.3 Å². The van der Waals surface area contributed by atoms with Crippen molar-refractivity contribution in [3.63, 3.8) is 0 Å². The summed E-state index contributed by atoms with van der Waals surface area (Å²) >= 11 is 5.51. The number of methoxy groups -OCH3 is 1. The van der Waals surface area contributed by atoms with E-state index in [0.717, 1.165) is 0 Å². The SMILES string of the molecule is COc1cccc(NC(C)=O)c1C(=O)CCl. The second kappa shape index (κ2) is 5.51. The van der Waals surface area contributed by atoms with E-state index < -0.39 is 0 Å². The molecule has 0 bridgehead atoms. The number of anilines is 1. The van der Waals surface area contributed by atoms with Gasteiger partial charge in [0.15, 0.2) is 5.78 Å². The number of amides is 1. The lowest BCUT2D eigenvalue weighted by Gasteiger charge is -2.11. The van der Waals surface area contributed by atoms with Gasteiger partial charge in [-0.1, -0.05) is 6.07 Å². The van der Waals surface area contributed by atoms with E-state index in [1.807, 2.05) is 0 Å². The van der Waals surface area contributed by atoms with E-state index in [-0.39, 0.29) is 17.6 Å². The van der Waals surface area contributed by atoms with Gasteiger partial charge < -0.3 is 10.1 Å². The summed E-state index contributed by atoms with van der Waals surface area (Å²) in [5, 5.41) is 2.56.